The fourth-order valence-electron chi connectivity index (χ4n) is 4.25. The summed E-state index contributed by atoms with van der Waals surface area (Å²) in [6, 6.07) is 2.22. The van der Waals surface area contributed by atoms with Crippen LogP contribution in [-0.4, -0.2) is 41.9 Å². The Hall–Kier alpha value is -0.870. The lowest BCUT2D eigenvalue weighted by molar-refractivity contribution is -0.136. The number of hydrogen-bond donors (Lipinski definition) is 0. The zero-order chi connectivity index (χ0) is 17.4. The Kier molecular flexibility index (Phi) is 5.08. The lowest BCUT2D eigenvalue weighted by atomic mass is 9.78. The summed E-state index contributed by atoms with van der Waals surface area (Å²) >= 11 is 1.88. The van der Waals surface area contributed by atoms with Crippen molar-refractivity contribution in [3.63, 3.8) is 0 Å². The second-order valence-electron chi connectivity index (χ2n) is 9.14. The van der Waals surface area contributed by atoms with E-state index >= 15 is 0 Å². The molecule has 1 atom stereocenters. The van der Waals surface area contributed by atoms with Gasteiger partial charge in [-0.05, 0) is 55.2 Å². The Bertz CT molecular complexity index is 589. The van der Waals surface area contributed by atoms with Crippen LogP contribution >= 0.6 is 11.3 Å². The van der Waals surface area contributed by atoms with E-state index in [2.05, 4.69) is 48.9 Å². The molecule has 0 aromatic carbocycles. The smallest absolute Gasteiger partial charge is 0.223 e. The first-order chi connectivity index (χ1) is 11.3. The normalized spacial score (nSPS) is 25.6. The Morgan fingerprint density at radius 2 is 2.04 bits per heavy atom. The topological polar surface area (TPSA) is 23.6 Å². The van der Waals surface area contributed by atoms with Gasteiger partial charge >= 0.3 is 0 Å². The molecule has 2 saturated heterocycles. The highest BCUT2D eigenvalue weighted by atomic mass is 32.1. The lowest BCUT2D eigenvalue weighted by Gasteiger charge is -2.41. The molecule has 1 amide bonds. The summed E-state index contributed by atoms with van der Waals surface area (Å²) in [4.78, 5) is 18.9. The maximum absolute atomic E-state index is 12.7. The van der Waals surface area contributed by atoms with Crippen molar-refractivity contribution in [2.75, 3.05) is 26.2 Å². The standard InChI is InChI=1S/C20H32N2OS/c1-16-6-11-24-17(16)13-21-10-8-20(14-21)7-5-9-22(15-20)18(23)12-19(2,3)4/h6,11H,5,7-10,12-15H2,1-4H3. The van der Waals surface area contributed by atoms with Crippen LogP contribution in [0.2, 0.25) is 0 Å². The van der Waals surface area contributed by atoms with Gasteiger partial charge in [0, 0.05) is 42.9 Å². The minimum absolute atomic E-state index is 0.0834. The molecule has 2 aliphatic heterocycles. The summed E-state index contributed by atoms with van der Waals surface area (Å²) in [6.45, 7) is 14.0. The number of rotatable bonds is 3. The Labute approximate surface area is 151 Å². The number of amides is 1. The zero-order valence-electron chi connectivity index (χ0n) is 15.7. The number of carbonyl (C=O) groups is 1. The van der Waals surface area contributed by atoms with Gasteiger partial charge in [-0.1, -0.05) is 20.8 Å². The Morgan fingerprint density at radius 3 is 2.71 bits per heavy atom. The molecule has 134 valence electrons. The third-order valence-corrected chi connectivity index (χ3v) is 6.56. The van der Waals surface area contributed by atoms with Crippen molar-refractivity contribution < 1.29 is 4.79 Å². The van der Waals surface area contributed by atoms with Crippen LogP contribution in [0.3, 0.4) is 0 Å². The van der Waals surface area contributed by atoms with Crippen LogP contribution in [0.1, 0.15) is 56.9 Å². The predicted molar refractivity (Wildman–Crippen MR) is 101 cm³/mol. The third kappa shape index (κ3) is 4.20. The average molecular weight is 349 g/mol. The van der Waals surface area contributed by atoms with Gasteiger partial charge in [-0.2, -0.15) is 0 Å². The largest absolute Gasteiger partial charge is 0.342 e. The molecule has 3 heterocycles. The molecule has 0 N–H and O–H groups in total. The van der Waals surface area contributed by atoms with Gasteiger partial charge in [0.15, 0.2) is 0 Å². The second-order valence-corrected chi connectivity index (χ2v) is 10.1. The van der Waals surface area contributed by atoms with Crippen LogP contribution < -0.4 is 0 Å². The first-order valence-corrected chi connectivity index (χ1v) is 10.2. The predicted octanol–water partition coefficient (Wildman–Crippen LogP) is 4.31. The summed E-state index contributed by atoms with van der Waals surface area (Å²) in [7, 11) is 0. The van der Waals surface area contributed by atoms with E-state index in [0.29, 0.717) is 17.7 Å². The van der Waals surface area contributed by atoms with Gasteiger partial charge in [0.25, 0.3) is 0 Å². The molecule has 1 spiro atoms. The molecule has 3 nitrogen and oxygen atoms in total. The molecule has 1 aromatic heterocycles. The molecule has 3 rings (SSSR count). The SMILES string of the molecule is Cc1ccsc1CN1CCC2(CCCN(C(=O)CC(C)(C)C)C2)C1. The zero-order valence-corrected chi connectivity index (χ0v) is 16.5. The van der Waals surface area contributed by atoms with E-state index in [-0.39, 0.29) is 5.41 Å². The van der Waals surface area contributed by atoms with E-state index in [0.717, 1.165) is 26.2 Å². The van der Waals surface area contributed by atoms with Crippen molar-refractivity contribution in [2.24, 2.45) is 10.8 Å². The van der Waals surface area contributed by atoms with Crippen LogP contribution in [0, 0.1) is 17.8 Å². The minimum atomic E-state index is 0.0834. The van der Waals surface area contributed by atoms with Crippen molar-refractivity contribution in [3.05, 3.63) is 21.9 Å². The van der Waals surface area contributed by atoms with Gasteiger partial charge in [0.1, 0.15) is 0 Å². The summed E-state index contributed by atoms with van der Waals surface area (Å²) in [5, 5.41) is 2.20. The summed E-state index contributed by atoms with van der Waals surface area (Å²) in [5.41, 5.74) is 1.85. The van der Waals surface area contributed by atoms with Crippen molar-refractivity contribution >= 4 is 17.2 Å². The van der Waals surface area contributed by atoms with E-state index in [1.165, 1.54) is 36.2 Å². The number of piperidine rings is 1. The Morgan fingerprint density at radius 1 is 1.25 bits per heavy atom. The fourth-order valence-corrected chi connectivity index (χ4v) is 5.20. The molecule has 0 radical (unpaired) electrons. The van der Waals surface area contributed by atoms with Gasteiger partial charge in [-0.15, -0.1) is 11.3 Å². The fraction of sp³-hybridized carbons (Fsp3) is 0.750. The lowest BCUT2D eigenvalue weighted by Crippen LogP contribution is -2.48. The van der Waals surface area contributed by atoms with Crippen LogP contribution in [0.5, 0.6) is 0 Å². The van der Waals surface area contributed by atoms with Crippen molar-refractivity contribution in [3.8, 4) is 0 Å². The van der Waals surface area contributed by atoms with E-state index in [1.807, 2.05) is 11.3 Å². The van der Waals surface area contributed by atoms with E-state index in [4.69, 9.17) is 0 Å². The highest BCUT2D eigenvalue weighted by Gasteiger charge is 2.42. The van der Waals surface area contributed by atoms with Gasteiger partial charge < -0.3 is 4.90 Å². The van der Waals surface area contributed by atoms with Crippen LogP contribution in [0.25, 0.3) is 0 Å². The molecular weight excluding hydrogens is 316 g/mol. The van der Waals surface area contributed by atoms with Crippen molar-refractivity contribution in [1.29, 1.82) is 0 Å². The highest BCUT2D eigenvalue weighted by Crippen LogP contribution is 2.40. The molecule has 24 heavy (non-hydrogen) atoms. The van der Waals surface area contributed by atoms with Crippen molar-refractivity contribution in [1.82, 2.24) is 9.80 Å². The molecule has 4 heteroatoms. The van der Waals surface area contributed by atoms with E-state index in [9.17, 15) is 4.79 Å². The van der Waals surface area contributed by atoms with Gasteiger partial charge in [0.2, 0.25) is 5.91 Å². The van der Waals surface area contributed by atoms with Crippen molar-refractivity contribution in [2.45, 2.75) is 59.9 Å². The summed E-state index contributed by atoms with van der Waals surface area (Å²) in [5.74, 6) is 0.356. The highest BCUT2D eigenvalue weighted by molar-refractivity contribution is 7.10. The van der Waals surface area contributed by atoms with Gasteiger partial charge in [-0.25, -0.2) is 0 Å². The van der Waals surface area contributed by atoms with Crippen LogP contribution in [-0.2, 0) is 11.3 Å². The number of nitrogens with zero attached hydrogens (tertiary/aromatic N) is 2. The first-order valence-electron chi connectivity index (χ1n) is 9.30. The first kappa shape index (κ1) is 17.9. The molecule has 2 fully saturated rings. The van der Waals surface area contributed by atoms with Crippen LogP contribution in [0.15, 0.2) is 11.4 Å². The molecule has 0 bridgehead atoms. The van der Waals surface area contributed by atoms with E-state index in [1.54, 1.807) is 0 Å². The third-order valence-electron chi connectivity index (χ3n) is 5.55. The number of thiophene rings is 1. The summed E-state index contributed by atoms with van der Waals surface area (Å²) < 4.78 is 0. The van der Waals surface area contributed by atoms with Gasteiger partial charge in [0.05, 0.1) is 0 Å². The maximum atomic E-state index is 12.7. The maximum Gasteiger partial charge on any atom is 0.223 e. The Balaban J connectivity index is 1.60. The monoisotopic (exact) mass is 348 g/mol. The molecule has 1 aromatic rings. The number of likely N-dealkylation sites (tertiary alicyclic amines) is 2. The quantitative estimate of drug-likeness (QED) is 0.813. The number of aryl methyl sites for hydroxylation is 1. The van der Waals surface area contributed by atoms with Crippen LogP contribution in [0.4, 0.5) is 0 Å². The van der Waals surface area contributed by atoms with E-state index < -0.39 is 0 Å². The summed E-state index contributed by atoms with van der Waals surface area (Å²) in [6.07, 6.45) is 4.37. The minimum Gasteiger partial charge on any atom is -0.342 e. The van der Waals surface area contributed by atoms with Gasteiger partial charge in [-0.3, -0.25) is 9.69 Å². The second kappa shape index (κ2) is 6.80. The molecule has 1 unspecified atom stereocenters. The molecule has 0 aliphatic carbocycles. The molecule has 2 aliphatic rings. The average Bonchev–Trinajstić information content (AvgIpc) is 3.05. The number of carbonyl (C=O) groups excluding carboxylic acids is 1. The number of hydrogen-bond acceptors (Lipinski definition) is 3. The molecular formula is C20H32N2OS. The molecule has 0 saturated carbocycles.